The molecule has 0 aromatic carbocycles. The van der Waals surface area contributed by atoms with E-state index in [2.05, 4.69) is 13.8 Å². The van der Waals surface area contributed by atoms with Crippen LogP contribution in [0.3, 0.4) is 0 Å². The van der Waals surface area contributed by atoms with Crippen molar-refractivity contribution < 1.29 is 63.1 Å². The molecule has 6 N–H and O–H groups in total. The molecule has 0 heterocycles. The van der Waals surface area contributed by atoms with Crippen LogP contribution in [0, 0.1) is 0 Å². The van der Waals surface area contributed by atoms with Crippen LogP contribution < -0.4 is 0 Å². The maximum atomic E-state index is 12.8. The first kappa shape index (κ1) is 54.9. The van der Waals surface area contributed by atoms with Gasteiger partial charge in [0.25, 0.3) is 0 Å². The first-order chi connectivity index (χ1) is 27.9. The van der Waals surface area contributed by atoms with Crippen LogP contribution in [0.1, 0.15) is 213 Å². The zero-order valence-corrected chi connectivity index (χ0v) is 37.3. The minimum atomic E-state index is -5.11. The number of rotatable bonds is 39. The standard InChI is InChI=1S/C44H85O13P/c1-3-5-7-9-11-13-15-17-18-19-20-21-23-24-26-28-30-32-37(45)54-34-36(56-38(46)33-31-29-27-25-22-16-14-12-10-8-6-4-2)35-55-58(52,53)57-44-42(50)40(48)39(47)41(49)43(44)51/h36,39-44,47-51H,3-35H2,1-2H3,(H,52,53)/t36-,39?,40-,41?,42?,43?,44?/m0/s1. The van der Waals surface area contributed by atoms with Crippen LogP contribution in [0.15, 0.2) is 0 Å². The Kier molecular flexibility index (Phi) is 33.5. The summed E-state index contributed by atoms with van der Waals surface area (Å²) in [5.74, 6) is -1.08. The Morgan fingerprint density at radius 3 is 1.14 bits per heavy atom. The number of phosphoric acid groups is 1. The average Bonchev–Trinajstić information content (AvgIpc) is 3.20. The number of esters is 2. The number of phosphoric ester groups is 1. The lowest BCUT2D eigenvalue weighted by atomic mass is 9.85. The third-order valence-corrected chi connectivity index (χ3v) is 12.2. The van der Waals surface area contributed by atoms with Crippen molar-refractivity contribution in [1.82, 2.24) is 0 Å². The van der Waals surface area contributed by atoms with E-state index in [9.17, 15) is 44.6 Å². The molecule has 0 amide bonds. The third kappa shape index (κ3) is 27.6. The summed E-state index contributed by atoms with van der Waals surface area (Å²) in [5.41, 5.74) is 0. The topological polar surface area (TPSA) is 210 Å². The Bertz CT molecular complexity index is 1030. The van der Waals surface area contributed by atoms with Crippen molar-refractivity contribution in [3.05, 3.63) is 0 Å². The molecule has 1 aliphatic carbocycles. The van der Waals surface area contributed by atoms with Crippen molar-refractivity contribution in [2.24, 2.45) is 0 Å². The number of aliphatic hydroxyl groups excluding tert-OH is 5. The molecule has 0 aliphatic heterocycles. The van der Waals surface area contributed by atoms with Crippen LogP contribution in [0.4, 0.5) is 0 Å². The van der Waals surface area contributed by atoms with Gasteiger partial charge >= 0.3 is 19.8 Å². The smallest absolute Gasteiger partial charge is 0.462 e. The highest BCUT2D eigenvalue weighted by atomic mass is 31.2. The predicted molar refractivity (Wildman–Crippen MR) is 226 cm³/mol. The largest absolute Gasteiger partial charge is 0.472 e. The number of unbranched alkanes of at least 4 members (excludes halogenated alkanes) is 27. The first-order valence-corrected chi connectivity index (χ1v) is 24.8. The molecule has 14 heteroatoms. The number of hydrogen-bond donors (Lipinski definition) is 6. The fourth-order valence-corrected chi connectivity index (χ4v) is 8.38. The van der Waals surface area contributed by atoms with E-state index in [0.29, 0.717) is 12.8 Å². The van der Waals surface area contributed by atoms with Gasteiger partial charge in [-0.05, 0) is 12.8 Å². The number of carbonyl (C=O) groups is 2. The second-order valence-electron chi connectivity index (χ2n) is 16.6. The summed E-state index contributed by atoms with van der Waals surface area (Å²) in [6.45, 7) is 3.31. The number of hydrogen-bond acceptors (Lipinski definition) is 12. The molecule has 0 saturated heterocycles. The highest BCUT2D eigenvalue weighted by molar-refractivity contribution is 7.47. The molecule has 0 spiro atoms. The summed E-state index contributed by atoms with van der Waals surface area (Å²) in [6.07, 6.45) is 21.6. The molecule has 0 radical (unpaired) electrons. The first-order valence-electron chi connectivity index (χ1n) is 23.3. The van der Waals surface area contributed by atoms with Crippen LogP contribution in [-0.2, 0) is 32.7 Å². The van der Waals surface area contributed by atoms with E-state index in [1.807, 2.05) is 0 Å². The second-order valence-corrected chi connectivity index (χ2v) is 18.0. The molecule has 58 heavy (non-hydrogen) atoms. The van der Waals surface area contributed by atoms with Gasteiger partial charge in [0.1, 0.15) is 43.2 Å². The van der Waals surface area contributed by atoms with Gasteiger partial charge in [0, 0.05) is 12.8 Å². The van der Waals surface area contributed by atoms with Crippen molar-refractivity contribution in [2.45, 2.75) is 256 Å². The van der Waals surface area contributed by atoms with Gasteiger partial charge in [-0.25, -0.2) is 4.57 Å². The van der Waals surface area contributed by atoms with E-state index in [-0.39, 0.29) is 12.8 Å². The van der Waals surface area contributed by atoms with Crippen LogP contribution in [0.25, 0.3) is 0 Å². The minimum Gasteiger partial charge on any atom is -0.462 e. The molecule has 0 aromatic rings. The molecule has 1 fully saturated rings. The van der Waals surface area contributed by atoms with Crippen LogP contribution >= 0.6 is 7.82 Å². The molecular weight excluding hydrogens is 767 g/mol. The van der Waals surface area contributed by atoms with Gasteiger partial charge in [0.2, 0.25) is 0 Å². The fraction of sp³-hybridized carbons (Fsp3) is 0.955. The van der Waals surface area contributed by atoms with Crippen LogP contribution in [0.2, 0.25) is 0 Å². The molecule has 1 rings (SSSR count). The molecule has 1 aliphatic rings. The molecule has 8 atom stereocenters. The maximum absolute atomic E-state index is 12.8. The molecule has 344 valence electrons. The van der Waals surface area contributed by atoms with Gasteiger partial charge in [-0.2, -0.15) is 0 Å². The summed E-state index contributed by atoms with van der Waals surface area (Å²) in [5, 5.41) is 50.1. The lowest BCUT2D eigenvalue weighted by Gasteiger charge is -2.41. The molecule has 0 bridgehead atoms. The van der Waals surface area contributed by atoms with Crippen molar-refractivity contribution in [3.8, 4) is 0 Å². The number of ether oxygens (including phenoxy) is 2. The van der Waals surface area contributed by atoms with Gasteiger partial charge < -0.3 is 39.9 Å². The van der Waals surface area contributed by atoms with Gasteiger partial charge in [-0.3, -0.25) is 18.6 Å². The lowest BCUT2D eigenvalue weighted by molar-refractivity contribution is -0.220. The highest BCUT2D eigenvalue weighted by Crippen LogP contribution is 2.47. The van der Waals surface area contributed by atoms with Gasteiger partial charge in [-0.1, -0.05) is 187 Å². The van der Waals surface area contributed by atoms with Crippen molar-refractivity contribution in [1.29, 1.82) is 0 Å². The SMILES string of the molecule is CCCCCCCCCCCCCCCCCCCC(=O)OC[C@@H](COP(=O)(O)OC1C(O)C(O)C(O)[C@H](O)C1O)OC(=O)CCCCCCCCCCCCCC. The van der Waals surface area contributed by atoms with E-state index < -0.39 is 75.7 Å². The van der Waals surface area contributed by atoms with E-state index in [4.69, 9.17) is 18.5 Å². The maximum Gasteiger partial charge on any atom is 0.472 e. The summed E-state index contributed by atoms with van der Waals surface area (Å²) < 4.78 is 33.5. The van der Waals surface area contributed by atoms with E-state index >= 15 is 0 Å². The average molecular weight is 853 g/mol. The van der Waals surface area contributed by atoms with Crippen molar-refractivity contribution in [2.75, 3.05) is 13.2 Å². The van der Waals surface area contributed by atoms with Gasteiger partial charge in [0.15, 0.2) is 6.10 Å². The Balaban J connectivity index is 2.42. The van der Waals surface area contributed by atoms with E-state index in [1.165, 1.54) is 135 Å². The monoisotopic (exact) mass is 853 g/mol. The van der Waals surface area contributed by atoms with E-state index in [1.54, 1.807) is 0 Å². The van der Waals surface area contributed by atoms with Crippen molar-refractivity contribution in [3.63, 3.8) is 0 Å². The molecule has 6 unspecified atom stereocenters. The molecule has 0 aromatic heterocycles. The Morgan fingerprint density at radius 1 is 0.466 bits per heavy atom. The third-order valence-electron chi connectivity index (χ3n) is 11.2. The minimum absolute atomic E-state index is 0.104. The number of aliphatic hydroxyl groups is 5. The molecule has 13 nitrogen and oxygen atoms in total. The lowest BCUT2D eigenvalue weighted by Crippen LogP contribution is -2.64. The summed E-state index contributed by atoms with van der Waals surface area (Å²) in [7, 11) is -5.11. The molecular formula is C44H85O13P. The van der Waals surface area contributed by atoms with Crippen LogP contribution in [-0.4, -0.2) is 98.3 Å². The normalized spacial score (nSPS) is 22.4. The van der Waals surface area contributed by atoms with Gasteiger partial charge in [-0.15, -0.1) is 0 Å². The highest BCUT2D eigenvalue weighted by Gasteiger charge is 2.51. The number of carbonyl (C=O) groups excluding carboxylic acids is 2. The molecule has 1 saturated carbocycles. The zero-order chi connectivity index (χ0) is 42.9. The Hall–Kier alpha value is -1.15. The Labute approximate surface area is 351 Å². The predicted octanol–water partition coefficient (Wildman–Crippen LogP) is 8.89. The van der Waals surface area contributed by atoms with E-state index in [0.717, 1.165) is 38.5 Å². The Morgan fingerprint density at radius 2 is 0.776 bits per heavy atom. The summed E-state index contributed by atoms with van der Waals surface area (Å²) >= 11 is 0. The zero-order valence-electron chi connectivity index (χ0n) is 36.4. The van der Waals surface area contributed by atoms with Crippen LogP contribution in [0.5, 0.6) is 0 Å². The second kappa shape index (κ2) is 35.4. The van der Waals surface area contributed by atoms with Gasteiger partial charge in [0.05, 0.1) is 6.61 Å². The quantitative estimate of drug-likeness (QED) is 0.0194. The summed E-state index contributed by atoms with van der Waals surface area (Å²) in [6, 6.07) is 0. The van der Waals surface area contributed by atoms with Crippen molar-refractivity contribution >= 4 is 19.8 Å². The fourth-order valence-electron chi connectivity index (χ4n) is 7.41. The summed E-state index contributed by atoms with van der Waals surface area (Å²) in [4.78, 5) is 35.6.